The van der Waals surface area contributed by atoms with Crippen molar-refractivity contribution < 1.29 is 46.3 Å². The van der Waals surface area contributed by atoms with Crippen molar-refractivity contribution in [1.29, 1.82) is 0 Å². The number of nitrogen functional groups attached to an aromatic ring is 1. The fraction of sp³-hybridized carbons (Fsp3) is 0.500. The summed E-state index contributed by atoms with van der Waals surface area (Å²) in [6, 6.07) is 4.36. The monoisotopic (exact) mass is 723 g/mol. The van der Waals surface area contributed by atoms with Crippen molar-refractivity contribution in [2.45, 2.75) is 62.8 Å². The lowest BCUT2D eigenvalue weighted by atomic mass is 9.84. The Morgan fingerprint density at radius 3 is 2.69 bits per heavy atom. The topological polar surface area (TPSA) is 282 Å². The first kappa shape index (κ1) is 35.7. The number of nitrogens with two attached hydrogens (primary N) is 2. The molecule has 0 radical (unpaired) electrons. The molecule has 0 saturated carbocycles. The predicted molar refractivity (Wildman–Crippen MR) is 175 cm³/mol. The van der Waals surface area contributed by atoms with Gasteiger partial charge in [-0.15, -0.1) is 15.6 Å². The van der Waals surface area contributed by atoms with E-state index in [9.17, 15) is 27.9 Å². The van der Waals surface area contributed by atoms with Gasteiger partial charge in [0, 0.05) is 30.9 Å². The second-order valence-corrected chi connectivity index (χ2v) is 14.1. The highest BCUT2D eigenvalue weighted by Crippen LogP contribution is 2.36. The summed E-state index contributed by atoms with van der Waals surface area (Å²) >= 11 is 0.971. The number of β-lactam (4-membered cyclic amide) rings is 1. The number of thiazole rings is 1. The first-order chi connectivity index (χ1) is 23.0. The van der Waals surface area contributed by atoms with Crippen LogP contribution in [0.25, 0.3) is 0 Å². The summed E-state index contributed by atoms with van der Waals surface area (Å²) in [6.45, 7) is 6.37. The maximum Gasteiger partial charge on any atom is 0.418 e. The number of hydrogen-bond donors (Lipinski definition) is 7. The number of carboxylic acids is 1. The number of hydrogen-bond acceptors (Lipinski definition) is 16. The Hall–Kier alpha value is -4.57. The highest BCUT2D eigenvalue weighted by atomic mass is 32.3. The molecule has 21 heteroatoms. The molecule has 5 rings (SSSR count). The zero-order chi connectivity index (χ0) is 35.7. The average Bonchev–Trinajstić information content (AvgIpc) is 3.49. The smallest absolute Gasteiger partial charge is 0.418 e. The summed E-state index contributed by atoms with van der Waals surface area (Å²) in [5.41, 5.74) is 9.13. The van der Waals surface area contributed by atoms with Crippen molar-refractivity contribution in [3.63, 3.8) is 0 Å². The van der Waals surface area contributed by atoms with E-state index in [-0.39, 0.29) is 23.2 Å². The van der Waals surface area contributed by atoms with Gasteiger partial charge in [-0.25, -0.2) is 9.78 Å². The van der Waals surface area contributed by atoms with E-state index in [0.717, 1.165) is 22.5 Å². The van der Waals surface area contributed by atoms with Gasteiger partial charge >= 0.3 is 16.4 Å². The molecule has 2 amide bonds. The molecule has 1 aromatic carbocycles. The first-order valence-corrected chi connectivity index (χ1v) is 17.3. The standard InChI is InChI=1S/C28H37N9O10S2/c1-27(2)21(23(39)37(27)47-49(42,43)44)35-22(38)20(17-13-48-25(30)34-17)36-46-28(3,24(40)41)19-7-5-15-10-14(4-6-18(15)45-19)16-11-32-26(33-12-16)31-9-8-29/h4,6,10,13,16,19,21H,5,7-9,11-12,29H2,1-3H3,(H2,30,34)(H,35,38)(H,40,41)(H2,31,32,33)(H,42,43,44)/b36-20-/t19-,21?,28?/m1/s1. The largest absolute Gasteiger partial charge is 0.485 e. The van der Waals surface area contributed by atoms with Crippen molar-refractivity contribution in [3.05, 3.63) is 40.4 Å². The molecule has 1 saturated heterocycles. The van der Waals surface area contributed by atoms with E-state index in [2.05, 4.69) is 35.4 Å². The number of nitrogens with one attached hydrogen (secondary N) is 3. The van der Waals surface area contributed by atoms with Crippen LogP contribution >= 0.6 is 11.3 Å². The number of oxime groups is 1. The lowest BCUT2D eigenvalue weighted by molar-refractivity contribution is -0.218. The van der Waals surface area contributed by atoms with E-state index >= 15 is 0 Å². The molecule has 3 aliphatic rings. The van der Waals surface area contributed by atoms with E-state index in [1.165, 1.54) is 26.2 Å². The van der Waals surface area contributed by atoms with Gasteiger partial charge in [0.1, 0.15) is 17.5 Å². The molecular formula is C28H37N9O10S2. The van der Waals surface area contributed by atoms with Gasteiger partial charge in [-0.05, 0) is 50.8 Å². The summed E-state index contributed by atoms with van der Waals surface area (Å²) in [4.78, 5) is 52.9. The fourth-order valence-electron chi connectivity index (χ4n) is 5.52. The van der Waals surface area contributed by atoms with Gasteiger partial charge in [-0.1, -0.05) is 17.3 Å². The number of rotatable bonds is 12. The molecule has 4 atom stereocenters. The van der Waals surface area contributed by atoms with Crippen LogP contribution in [0.15, 0.2) is 33.7 Å². The number of aliphatic carboxylic acids is 1. The molecule has 1 aromatic heterocycles. The normalized spacial score (nSPS) is 23.1. The Kier molecular flexibility index (Phi) is 10.0. The highest BCUT2D eigenvalue weighted by Gasteiger charge is 2.58. The van der Waals surface area contributed by atoms with Crippen LogP contribution in [0.5, 0.6) is 5.75 Å². The second kappa shape index (κ2) is 13.7. The molecule has 49 heavy (non-hydrogen) atoms. The van der Waals surface area contributed by atoms with E-state index in [1.807, 2.05) is 12.1 Å². The molecule has 0 bridgehead atoms. The minimum atomic E-state index is -5.03. The van der Waals surface area contributed by atoms with Gasteiger partial charge in [0.05, 0.1) is 12.1 Å². The molecule has 266 valence electrons. The van der Waals surface area contributed by atoms with Crippen LogP contribution in [0.1, 0.15) is 49.9 Å². The number of guanidine groups is 1. The molecular weight excluding hydrogens is 686 g/mol. The number of carbonyl (C=O) groups excluding carboxylic acids is 2. The maximum absolute atomic E-state index is 13.5. The van der Waals surface area contributed by atoms with E-state index < -0.39 is 57.2 Å². The van der Waals surface area contributed by atoms with Crippen LogP contribution in [-0.4, -0.2) is 107 Å². The summed E-state index contributed by atoms with van der Waals surface area (Å²) in [5, 5.41) is 24.8. The summed E-state index contributed by atoms with van der Waals surface area (Å²) in [6.07, 6.45) is -0.331. The third kappa shape index (κ3) is 7.54. The van der Waals surface area contributed by atoms with E-state index in [1.54, 1.807) is 6.07 Å². The summed E-state index contributed by atoms with van der Waals surface area (Å²) < 4.78 is 41.8. The number of anilines is 1. The number of ether oxygens (including phenoxy) is 1. The number of hydroxylamine groups is 2. The SMILES string of the molecule is CC(O/N=C(\C(=O)NC1C(=O)N(OS(=O)(=O)O)C1(C)C)c1csc(N)n1)(C(=O)O)[C@H]1CCc2cc(C3CN=C(NCCN)NC3)ccc2O1. The van der Waals surface area contributed by atoms with Crippen molar-refractivity contribution in [2.24, 2.45) is 15.9 Å². The Balaban J connectivity index is 1.32. The third-order valence-electron chi connectivity index (χ3n) is 8.39. The van der Waals surface area contributed by atoms with Gasteiger partial charge in [0.15, 0.2) is 22.9 Å². The van der Waals surface area contributed by atoms with Crippen LogP contribution < -0.4 is 32.2 Å². The van der Waals surface area contributed by atoms with E-state index in [4.69, 9.17) is 25.6 Å². The lowest BCUT2D eigenvalue weighted by Gasteiger charge is -2.50. The van der Waals surface area contributed by atoms with Gasteiger partial charge in [-0.2, -0.15) is 13.5 Å². The van der Waals surface area contributed by atoms with Gasteiger partial charge in [0.25, 0.3) is 17.4 Å². The molecule has 0 spiro atoms. The number of benzene rings is 1. The number of nitrogens with zero attached hydrogens (tertiary/aromatic N) is 4. The molecule has 19 nitrogen and oxygen atoms in total. The van der Waals surface area contributed by atoms with Gasteiger partial charge in [0.2, 0.25) is 0 Å². The first-order valence-electron chi connectivity index (χ1n) is 15.1. The number of aromatic nitrogens is 1. The molecule has 3 unspecified atom stereocenters. The Morgan fingerprint density at radius 1 is 1.35 bits per heavy atom. The summed E-state index contributed by atoms with van der Waals surface area (Å²) in [5.74, 6) is -2.11. The highest BCUT2D eigenvalue weighted by molar-refractivity contribution is 7.80. The number of carboxylic acid groups (broad SMARTS) is 1. The quantitative estimate of drug-likeness (QED) is 0.0606. The van der Waals surface area contributed by atoms with Crippen LogP contribution in [-0.2, 0) is 40.3 Å². The minimum Gasteiger partial charge on any atom is -0.485 e. The lowest BCUT2D eigenvalue weighted by Crippen LogP contribution is -2.76. The number of carbonyl (C=O) groups is 3. The second-order valence-electron chi connectivity index (χ2n) is 12.2. The van der Waals surface area contributed by atoms with Crippen molar-refractivity contribution >= 4 is 56.3 Å². The maximum atomic E-state index is 13.5. The molecule has 9 N–H and O–H groups in total. The number of amides is 2. The number of fused-ring (bicyclic) bond motifs is 1. The molecule has 1 fully saturated rings. The zero-order valence-corrected chi connectivity index (χ0v) is 28.3. The average molecular weight is 724 g/mol. The predicted octanol–water partition coefficient (Wildman–Crippen LogP) is -0.886. The molecule has 4 heterocycles. The fourth-order valence-corrected chi connectivity index (χ4v) is 6.52. The van der Waals surface area contributed by atoms with Gasteiger partial charge in [-0.3, -0.25) is 19.1 Å². The zero-order valence-electron chi connectivity index (χ0n) is 26.7. The van der Waals surface area contributed by atoms with Crippen LogP contribution in [0.3, 0.4) is 0 Å². The number of aliphatic imine (C=N–C) groups is 1. The van der Waals surface area contributed by atoms with E-state index in [0.29, 0.717) is 49.4 Å². The Morgan fingerprint density at radius 2 is 2.10 bits per heavy atom. The van der Waals surface area contributed by atoms with Crippen molar-refractivity contribution in [1.82, 2.24) is 26.0 Å². The van der Waals surface area contributed by atoms with Crippen LogP contribution in [0, 0.1) is 0 Å². The third-order valence-corrected chi connectivity index (χ3v) is 9.40. The van der Waals surface area contributed by atoms with Crippen LogP contribution in [0.2, 0.25) is 0 Å². The van der Waals surface area contributed by atoms with Crippen LogP contribution in [0.4, 0.5) is 5.13 Å². The minimum absolute atomic E-state index is 0.0652. The van der Waals surface area contributed by atoms with Gasteiger partial charge < -0.3 is 42.1 Å². The molecule has 3 aliphatic heterocycles. The number of aryl methyl sites for hydroxylation is 1. The summed E-state index contributed by atoms with van der Waals surface area (Å²) in [7, 11) is -5.03. The van der Waals surface area contributed by atoms with Crippen molar-refractivity contribution in [2.75, 3.05) is 31.9 Å². The van der Waals surface area contributed by atoms with Crippen molar-refractivity contribution in [3.8, 4) is 5.75 Å². The Labute approximate surface area is 285 Å². The Bertz CT molecular complexity index is 1800. The molecule has 0 aliphatic carbocycles. The molecule has 2 aromatic rings.